The lowest BCUT2D eigenvalue weighted by molar-refractivity contribution is -0.136. The van der Waals surface area contributed by atoms with E-state index in [-0.39, 0.29) is 48.3 Å². The van der Waals surface area contributed by atoms with Gasteiger partial charge >= 0.3 is 6.03 Å². The zero-order valence-electron chi connectivity index (χ0n) is 44.9. The number of hydrogen-bond donors (Lipinski definition) is 3. The van der Waals surface area contributed by atoms with Gasteiger partial charge < -0.3 is 31.3 Å². The number of rotatable bonds is 18. The molecule has 3 atom stereocenters. The third-order valence-electron chi connectivity index (χ3n) is 16.9. The van der Waals surface area contributed by atoms with Crippen LogP contribution in [0.2, 0.25) is 0 Å². The highest BCUT2D eigenvalue weighted by molar-refractivity contribution is 6.07. The second-order valence-electron chi connectivity index (χ2n) is 22.5. The Kier molecular flexibility index (Phi) is 17.7. The first kappa shape index (κ1) is 54.0. The van der Waals surface area contributed by atoms with Crippen molar-refractivity contribution in [3.63, 3.8) is 0 Å². The molecule has 2 aliphatic carbocycles. The number of likely N-dealkylation sites (tertiary alicyclic amines) is 1. The van der Waals surface area contributed by atoms with Gasteiger partial charge in [-0.15, -0.1) is 0 Å². The zero-order valence-corrected chi connectivity index (χ0v) is 44.9. The highest BCUT2D eigenvalue weighted by Gasteiger charge is 2.49. The van der Waals surface area contributed by atoms with E-state index in [4.69, 9.17) is 21.2 Å². The number of guanidine groups is 2. The number of piperidine rings is 1. The highest BCUT2D eigenvalue weighted by atomic mass is 16.5. The Morgan fingerprint density at radius 3 is 2.07 bits per heavy atom. The Morgan fingerprint density at radius 2 is 1.38 bits per heavy atom. The van der Waals surface area contributed by atoms with Gasteiger partial charge in [-0.25, -0.2) is 14.8 Å². The highest BCUT2D eigenvalue weighted by Crippen LogP contribution is 2.42. The van der Waals surface area contributed by atoms with Crippen LogP contribution in [0.1, 0.15) is 140 Å². The summed E-state index contributed by atoms with van der Waals surface area (Å²) < 4.78 is 5.61. The minimum atomic E-state index is -1.08. The Bertz CT molecular complexity index is 2660. The number of amides is 5. The number of nitrogens with zero attached hydrogens (tertiary/aromatic N) is 7. The molecule has 5 N–H and O–H groups in total. The summed E-state index contributed by atoms with van der Waals surface area (Å²) in [6.07, 6.45) is 22.8. The minimum Gasteiger partial charge on any atom is -0.484 e. The van der Waals surface area contributed by atoms with Crippen molar-refractivity contribution >= 4 is 35.7 Å². The normalized spacial score (nSPS) is 23.6. The predicted octanol–water partition coefficient (Wildman–Crippen LogP) is 9.55. The molecule has 2 unspecified atom stereocenters. The number of nitrogens with two attached hydrogens (primary N) is 2. The van der Waals surface area contributed by atoms with Crippen molar-refractivity contribution in [1.82, 2.24) is 29.9 Å². The Hall–Kier alpha value is -6.77. The van der Waals surface area contributed by atoms with Crippen molar-refractivity contribution in [1.29, 1.82) is 0 Å². The summed E-state index contributed by atoms with van der Waals surface area (Å²) >= 11 is 0. The van der Waals surface area contributed by atoms with Crippen molar-refractivity contribution in [3.05, 3.63) is 120 Å². The monoisotopic (exact) mass is 1030 g/mol. The van der Waals surface area contributed by atoms with Gasteiger partial charge in [-0.05, 0) is 115 Å². The average molecular weight is 1030 g/mol. The molecule has 0 radical (unpaired) electrons. The lowest BCUT2D eigenvalue weighted by Crippen LogP contribution is -2.47. The van der Waals surface area contributed by atoms with E-state index < -0.39 is 11.1 Å². The molecule has 4 aromatic rings. The summed E-state index contributed by atoms with van der Waals surface area (Å²) in [7, 11) is 0. The van der Waals surface area contributed by atoms with Crippen LogP contribution in [0.25, 0.3) is 11.1 Å². The summed E-state index contributed by atoms with van der Waals surface area (Å²) in [5.74, 6) is 2.81. The molecule has 0 spiro atoms. The molecule has 5 amide bonds. The molecule has 3 aromatic carbocycles. The molecule has 2 saturated carbocycles. The molecular weight excluding hydrogens is 953 g/mol. The maximum absolute atomic E-state index is 14.1. The van der Waals surface area contributed by atoms with E-state index in [2.05, 4.69) is 46.5 Å². The summed E-state index contributed by atoms with van der Waals surface area (Å²) in [5.41, 5.74) is 15.9. The van der Waals surface area contributed by atoms with Crippen molar-refractivity contribution in [2.24, 2.45) is 39.2 Å². The summed E-state index contributed by atoms with van der Waals surface area (Å²) in [4.78, 5) is 73.5. The van der Waals surface area contributed by atoms with Gasteiger partial charge in [0.15, 0.2) is 24.1 Å². The first-order chi connectivity index (χ1) is 36.9. The number of para-hydroxylation sites is 1. The number of urea groups is 1. The molecule has 10 rings (SSSR count). The number of aliphatic imine (C=N–C) groups is 2. The fourth-order valence-corrected chi connectivity index (χ4v) is 12.5. The van der Waals surface area contributed by atoms with Gasteiger partial charge in [0.25, 0.3) is 17.7 Å². The van der Waals surface area contributed by atoms with E-state index in [1.807, 2.05) is 83.5 Å². The van der Waals surface area contributed by atoms with Gasteiger partial charge in [0, 0.05) is 51.2 Å². The molecular formula is C61H80N10O5. The van der Waals surface area contributed by atoms with E-state index in [9.17, 15) is 19.2 Å². The Balaban J connectivity index is 0.000000186. The molecule has 1 aromatic heterocycles. The number of carbonyl (C=O) groups is 4. The standard InChI is InChI=1S/C32H49N5O2.C29H31N5O3/c1-2-9-28-23-36(31(39)34-28)21-26-14-16-27(17-15-26)22-37-29(38)32(35-30(37)33,20-25-12-7-4-8-13-25)19-18-24-10-5-3-6-11-24;1-29(24-9-5-7-22(17-24)23-8-6-14-31-18-23)27(36)34(28(30)32-29)19-21-12-15-33(16-13-21)26(35)20-37-25-10-3-2-4-11-25/h14-17,24-25,28H,2-13,18-23H2,1H3,(H2,33,35)(H,34,39);2-11,14,17-18,21H,12-13,15-16,19-20H2,1H3,(H2,30,32)/t28-,32?;/m0./s1. The summed E-state index contributed by atoms with van der Waals surface area (Å²) in [6.45, 7) is 7.55. The Morgan fingerprint density at radius 1 is 0.711 bits per heavy atom. The average Bonchev–Trinajstić information content (AvgIpc) is 4.01. The molecule has 4 fully saturated rings. The lowest BCUT2D eigenvalue weighted by Gasteiger charge is -2.34. The number of carbonyl (C=O) groups excluding carboxylic acids is 4. The van der Waals surface area contributed by atoms with E-state index in [1.54, 1.807) is 22.2 Å². The zero-order chi connectivity index (χ0) is 53.1. The van der Waals surface area contributed by atoms with Crippen LogP contribution >= 0.6 is 0 Å². The van der Waals surface area contributed by atoms with Crippen LogP contribution < -0.4 is 21.5 Å². The van der Waals surface area contributed by atoms with Gasteiger partial charge in [-0.1, -0.05) is 144 Å². The number of benzene rings is 3. The Labute approximate surface area is 449 Å². The molecule has 0 bridgehead atoms. The third-order valence-corrected chi connectivity index (χ3v) is 16.9. The number of hydrogen-bond acceptors (Lipinski definition) is 10. The van der Waals surface area contributed by atoms with E-state index in [1.165, 1.54) is 64.2 Å². The van der Waals surface area contributed by atoms with E-state index in [0.29, 0.717) is 50.4 Å². The van der Waals surface area contributed by atoms with Crippen LogP contribution in [0.4, 0.5) is 4.79 Å². The van der Waals surface area contributed by atoms with Gasteiger partial charge in [-0.3, -0.25) is 29.2 Å². The van der Waals surface area contributed by atoms with Crippen LogP contribution in [-0.2, 0) is 33.0 Å². The number of nitrogens with one attached hydrogen (secondary N) is 1. The number of pyridine rings is 1. The molecule has 2 saturated heterocycles. The number of ether oxygens (including phenoxy) is 1. The maximum atomic E-state index is 14.1. The molecule has 15 nitrogen and oxygen atoms in total. The molecule has 404 valence electrons. The second kappa shape index (κ2) is 24.9. The van der Waals surface area contributed by atoms with Crippen LogP contribution in [0.3, 0.4) is 0 Å². The van der Waals surface area contributed by atoms with Crippen LogP contribution in [0.5, 0.6) is 5.75 Å². The van der Waals surface area contributed by atoms with Crippen molar-refractivity contribution in [2.45, 2.75) is 153 Å². The van der Waals surface area contributed by atoms with Crippen molar-refractivity contribution in [3.8, 4) is 16.9 Å². The quantitative estimate of drug-likeness (QED) is 0.0877. The predicted molar refractivity (Wildman–Crippen MR) is 298 cm³/mol. The third kappa shape index (κ3) is 13.1. The van der Waals surface area contributed by atoms with Crippen LogP contribution in [-0.4, -0.2) is 105 Å². The minimum absolute atomic E-state index is 0.0201. The van der Waals surface area contributed by atoms with Gasteiger partial charge in [0.1, 0.15) is 11.3 Å². The van der Waals surface area contributed by atoms with Crippen LogP contribution in [0, 0.1) is 17.8 Å². The molecule has 4 aliphatic heterocycles. The van der Waals surface area contributed by atoms with Gasteiger partial charge in [0.05, 0.1) is 6.54 Å². The summed E-state index contributed by atoms with van der Waals surface area (Å²) in [5, 5.41) is 3.08. The van der Waals surface area contributed by atoms with Crippen molar-refractivity contribution in [2.75, 3.05) is 32.8 Å². The fourth-order valence-electron chi connectivity index (χ4n) is 12.5. The smallest absolute Gasteiger partial charge is 0.318 e. The first-order valence-corrected chi connectivity index (χ1v) is 28.3. The summed E-state index contributed by atoms with van der Waals surface area (Å²) in [6, 6.07) is 29.6. The van der Waals surface area contributed by atoms with Crippen LogP contribution in [0.15, 0.2) is 113 Å². The molecule has 5 heterocycles. The van der Waals surface area contributed by atoms with E-state index in [0.717, 1.165) is 85.2 Å². The maximum Gasteiger partial charge on any atom is 0.318 e. The fraction of sp³-hybridized carbons (Fsp3) is 0.525. The number of aromatic nitrogens is 1. The van der Waals surface area contributed by atoms with Gasteiger partial charge in [0.2, 0.25) is 0 Å². The molecule has 6 aliphatic rings. The second-order valence-corrected chi connectivity index (χ2v) is 22.5. The lowest BCUT2D eigenvalue weighted by atomic mass is 9.75. The SMILES string of the molecule is CC1(c2cccc(-c3cccnc3)c2)N=C(N)N(CC2CCN(C(=O)COc3ccccc3)CC2)C1=O.CCC[C@H]1CN(Cc2ccc(CN3C(=O)C(CCC4CCCCC4)(CC4CCCCC4)N=C3N)cc2)C(=O)N1. The first-order valence-electron chi connectivity index (χ1n) is 28.3. The van der Waals surface area contributed by atoms with Crippen molar-refractivity contribution < 1.29 is 23.9 Å². The largest absolute Gasteiger partial charge is 0.484 e. The topological polar surface area (TPSA) is 192 Å². The van der Waals surface area contributed by atoms with E-state index >= 15 is 0 Å². The molecule has 15 heteroatoms. The molecule has 76 heavy (non-hydrogen) atoms. The van der Waals surface area contributed by atoms with Gasteiger partial charge in [-0.2, -0.15) is 0 Å².